The average Bonchev–Trinajstić information content (AvgIpc) is 2.43. The van der Waals surface area contributed by atoms with E-state index in [4.69, 9.17) is 11.6 Å². The molecule has 0 spiro atoms. The third kappa shape index (κ3) is 3.71. The minimum absolute atomic E-state index is 0.310. The second-order valence-corrected chi connectivity index (χ2v) is 7.23. The van der Waals surface area contributed by atoms with Gasteiger partial charge in [-0.3, -0.25) is 0 Å². The molecule has 2 rings (SSSR count). The highest BCUT2D eigenvalue weighted by molar-refractivity contribution is 7.90. The molecule has 0 aliphatic heterocycles. The van der Waals surface area contributed by atoms with Gasteiger partial charge in [0.15, 0.2) is 20.8 Å². The third-order valence-electron chi connectivity index (χ3n) is 3.28. The van der Waals surface area contributed by atoms with Crippen LogP contribution in [-0.2, 0) is 16.4 Å². The van der Waals surface area contributed by atoms with E-state index in [9.17, 15) is 8.42 Å². The number of halogens is 1. The molecule has 112 valence electrons. The summed E-state index contributed by atoms with van der Waals surface area (Å²) in [5.41, 5.74) is 2.79. The van der Waals surface area contributed by atoms with Crippen LogP contribution in [0.15, 0.2) is 29.2 Å². The first kappa shape index (κ1) is 15.7. The van der Waals surface area contributed by atoms with Gasteiger partial charge < -0.3 is 5.32 Å². The molecule has 1 aromatic carbocycles. The zero-order valence-electron chi connectivity index (χ0n) is 12.0. The lowest BCUT2D eigenvalue weighted by atomic mass is 10.2. The van der Waals surface area contributed by atoms with Gasteiger partial charge in [0, 0.05) is 12.8 Å². The Bertz CT molecular complexity index is 759. The topological polar surface area (TPSA) is 72.0 Å². The molecule has 0 fully saturated rings. The molecule has 0 atom stereocenters. The summed E-state index contributed by atoms with van der Waals surface area (Å²) in [6, 6.07) is 6.74. The number of nitrogens with zero attached hydrogens (tertiary/aromatic N) is 2. The van der Waals surface area contributed by atoms with E-state index >= 15 is 0 Å². The number of benzene rings is 1. The van der Waals surface area contributed by atoms with Gasteiger partial charge in [-0.15, -0.1) is 10.2 Å². The molecule has 0 aliphatic rings. The Morgan fingerprint density at radius 3 is 2.29 bits per heavy atom. The van der Waals surface area contributed by atoms with Crippen molar-refractivity contribution in [2.24, 2.45) is 0 Å². The van der Waals surface area contributed by atoms with Gasteiger partial charge >= 0.3 is 0 Å². The molecule has 5 nitrogen and oxygen atoms in total. The Balaban J connectivity index is 2.12. The van der Waals surface area contributed by atoms with E-state index in [2.05, 4.69) is 15.5 Å². The standard InChI is InChI=1S/C14H16ClN3O2S/c1-9-10(2)14(18-17-13(9)15)16-8-11-4-6-12(7-5-11)21(3,19)20/h4-7H,8H2,1-3H3,(H,16,18). The van der Waals surface area contributed by atoms with E-state index in [1.165, 1.54) is 6.26 Å². The molecule has 0 unspecified atom stereocenters. The van der Waals surface area contributed by atoms with Gasteiger partial charge in [0.25, 0.3) is 0 Å². The van der Waals surface area contributed by atoms with E-state index in [-0.39, 0.29) is 0 Å². The van der Waals surface area contributed by atoms with E-state index in [0.717, 1.165) is 16.7 Å². The first-order valence-corrected chi connectivity index (χ1v) is 8.58. The van der Waals surface area contributed by atoms with Crippen molar-refractivity contribution in [1.82, 2.24) is 10.2 Å². The van der Waals surface area contributed by atoms with Crippen molar-refractivity contribution in [1.29, 1.82) is 0 Å². The molecule has 0 radical (unpaired) electrons. The second kappa shape index (κ2) is 5.99. The number of hydrogen-bond acceptors (Lipinski definition) is 5. The molecule has 7 heteroatoms. The van der Waals surface area contributed by atoms with Crippen molar-refractivity contribution in [2.45, 2.75) is 25.3 Å². The number of sulfone groups is 1. The van der Waals surface area contributed by atoms with Crippen LogP contribution in [-0.4, -0.2) is 24.9 Å². The maximum absolute atomic E-state index is 11.4. The summed E-state index contributed by atoms with van der Waals surface area (Å²) in [6.07, 6.45) is 1.19. The van der Waals surface area contributed by atoms with Crippen LogP contribution in [0.5, 0.6) is 0 Å². The van der Waals surface area contributed by atoms with Gasteiger partial charge in [0.2, 0.25) is 0 Å². The van der Waals surface area contributed by atoms with Crippen molar-refractivity contribution in [2.75, 3.05) is 11.6 Å². The molecular formula is C14H16ClN3O2S. The van der Waals surface area contributed by atoms with Crippen molar-refractivity contribution in [3.63, 3.8) is 0 Å². The monoisotopic (exact) mass is 325 g/mol. The number of hydrogen-bond donors (Lipinski definition) is 1. The van der Waals surface area contributed by atoms with Gasteiger partial charge in [-0.25, -0.2) is 8.42 Å². The van der Waals surface area contributed by atoms with Crippen LogP contribution in [0.1, 0.15) is 16.7 Å². The molecule has 0 aliphatic carbocycles. The van der Waals surface area contributed by atoms with E-state index < -0.39 is 9.84 Å². The maximum atomic E-state index is 11.4. The van der Waals surface area contributed by atoms with Crippen molar-refractivity contribution < 1.29 is 8.42 Å². The first-order chi connectivity index (χ1) is 9.79. The Labute approximate surface area is 129 Å². The summed E-state index contributed by atoms with van der Waals surface area (Å²) in [6.45, 7) is 4.34. The number of nitrogens with one attached hydrogen (secondary N) is 1. The molecule has 0 saturated carbocycles. The van der Waals surface area contributed by atoms with Gasteiger partial charge in [-0.05, 0) is 42.7 Å². The molecule has 1 heterocycles. The van der Waals surface area contributed by atoms with Gasteiger partial charge in [0.05, 0.1) is 4.90 Å². The van der Waals surface area contributed by atoms with Crippen molar-refractivity contribution in [3.8, 4) is 0 Å². The first-order valence-electron chi connectivity index (χ1n) is 6.31. The summed E-state index contributed by atoms with van der Waals surface area (Å²) in [7, 11) is -3.16. The molecule has 0 saturated heterocycles. The largest absolute Gasteiger partial charge is 0.364 e. The molecule has 21 heavy (non-hydrogen) atoms. The summed E-state index contributed by atoms with van der Waals surface area (Å²) < 4.78 is 22.8. The fourth-order valence-electron chi connectivity index (χ4n) is 1.78. The lowest BCUT2D eigenvalue weighted by Gasteiger charge is -2.10. The Morgan fingerprint density at radius 1 is 1.10 bits per heavy atom. The molecule has 1 aromatic heterocycles. The predicted octanol–water partition coefficient (Wildman–Crippen LogP) is 2.76. The normalized spacial score (nSPS) is 11.4. The van der Waals surface area contributed by atoms with Crippen LogP contribution in [0.4, 0.5) is 5.82 Å². The van der Waals surface area contributed by atoms with Crippen LogP contribution in [0.3, 0.4) is 0 Å². The minimum Gasteiger partial charge on any atom is -0.364 e. The molecule has 1 N–H and O–H groups in total. The van der Waals surface area contributed by atoms with Crippen LogP contribution >= 0.6 is 11.6 Å². The van der Waals surface area contributed by atoms with E-state index in [0.29, 0.717) is 22.4 Å². The lowest BCUT2D eigenvalue weighted by Crippen LogP contribution is -2.06. The Kier molecular flexibility index (Phi) is 4.49. The zero-order valence-corrected chi connectivity index (χ0v) is 13.6. The highest BCUT2D eigenvalue weighted by Crippen LogP contribution is 2.21. The maximum Gasteiger partial charge on any atom is 0.175 e. The minimum atomic E-state index is -3.16. The summed E-state index contributed by atoms with van der Waals surface area (Å²) in [5.74, 6) is 0.670. The van der Waals surface area contributed by atoms with Gasteiger partial charge in [-0.1, -0.05) is 23.7 Å². The highest BCUT2D eigenvalue weighted by atomic mass is 35.5. The summed E-state index contributed by atoms with van der Waals surface area (Å²) in [4.78, 5) is 0.310. The zero-order chi connectivity index (χ0) is 15.6. The Hall–Kier alpha value is -1.66. The van der Waals surface area contributed by atoms with E-state index in [1.54, 1.807) is 24.3 Å². The SMILES string of the molecule is Cc1c(Cl)nnc(NCc2ccc(S(C)(=O)=O)cc2)c1C. The summed E-state index contributed by atoms with van der Waals surface area (Å²) >= 11 is 5.90. The number of aromatic nitrogens is 2. The third-order valence-corrected chi connectivity index (χ3v) is 4.76. The smallest absolute Gasteiger partial charge is 0.175 e. The molecule has 0 amide bonds. The quantitative estimate of drug-likeness (QED) is 0.935. The molecule has 0 bridgehead atoms. The molecular weight excluding hydrogens is 310 g/mol. The van der Waals surface area contributed by atoms with E-state index in [1.807, 2.05) is 13.8 Å². The highest BCUT2D eigenvalue weighted by Gasteiger charge is 2.09. The lowest BCUT2D eigenvalue weighted by molar-refractivity contribution is 0.602. The average molecular weight is 326 g/mol. The number of anilines is 1. The predicted molar refractivity (Wildman–Crippen MR) is 83.4 cm³/mol. The van der Waals surface area contributed by atoms with Crippen LogP contribution in [0, 0.1) is 13.8 Å². The van der Waals surface area contributed by atoms with Crippen molar-refractivity contribution >= 4 is 27.3 Å². The van der Waals surface area contributed by atoms with Crippen LogP contribution in [0.25, 0.3) is 0 Å². The number of rotatable bonds is 4. The van der Waals surface area contributed by atoms with Crippen molar-refractivity contribution in [3.05, 3.63) is 46.1 Å². The summed E-state index contributed by atoms with van der Waals surface area (Å²) in [5, 5.41) is 11.5. The van der Waals surface area contributed by atoms with Crippen LogP contribution in [0.2, 0.25) is 5.15 Å². The van der Waals surface area contributed by atoms with Gasteiger partial charge in [0.1, 0.15) is 0 Å². The second-order valence-electron chi connectivity index (χ2n) is 4.86. The Morgan fingerprint density at radius 2 is 1.71 bits per heavy atom. The van der Waals surface area contributed by atoms with Crippen LogP contribution < -0.4 is 5.32 Å². The fraction of sp³-hybridized carbons (Fsp3) is 0.286. The van der Waals surface area contributed by atoms with Gasteiger partial charge in [-0.2, -0.15) is 0 Å². The molecule has 2 aromatic rings. The fourth-order valence-corrected chi connectivity index (χ4v) is 2.59.